The predicted octanol–water partition coefficient (Wildman–Crippen LogP) is 3.96. The molecule has 1 amide bonds. The third kappa shape index (κ3) is 5.75. The number of rotatable bonds is 9. The van der Waals surface area contributed by atoms with E-state index < -0.39 is 41.9 Å². The van der Waals surface area contributed by atoms with Crippen LogP contribution in [-0.2, 0) is 20.8 Å². The van der Waals surface area contributed by atoms with Crippen LogP contribution < -0.4 is 5.32 Å². The fourth-order valence-electron chi connectivity index (χ4n) is 2.84. The molecule has 2 rings (SSSR count). The molecule has 0 bridgehead atoms. The molecule has 2 atom stereocenters. The van der Waals surface area contributed by atoms with E-state index in [1.165, 1.54) is 0 Å². The summed E-state index contributed by atoms with van der Waals surface area (Å²) in [6.07, 6.45) is -0.793. The third-order valence-corrected chi connectivity index (χ3v) is 4.87. The fraction of sp³-hybridized carbons (Fsp3) is 0.286. The average molecular weight is 458 g/mol. The minimum Gasteiger partial charge on any atom is -0.481 e. The first kappa shape index (κ1) is 24.2. The van der Waals surface area contributed by atoms with E-state index in [-0.39, 0.29) is 13.3 Å². The Balaban J connectivity index is 2.19. The molecule has 10 heteroatoms. The Morgan fingerprint density at radius 2 is 1.65 bits per heavy atom. The van der Waals surface area contributed by atoms with Gasteiger partial charge in [-0.2, -0.15) is 8.78 Å². The van der Waals surface area contributed by atoms with E-state index >= 15 is 0 Å². The Kier molecular flexibility index (Phi) is 7.32. The van der Waals surface area contributed by atoms with Crippen molar-refractivity contribution in [1.82, 2.24) is 5.32 Å². The Labute approximate surface area is 180 Å². The van der Waals surface area contributed by atoms with Crippen LogP contribution in [0.1, 0.15) is 18.9 Å². The van der Waals surface area contributed by atoms with E-state index in [0.717, 1.165) is 11.1 Å². The highest BCUT2D eigenvalue weighted by molar-refractivity contribution is 6.30. The van der Waals surface area contributed by atoms with E-state index in [2.05, 4.69) is 0 Å². The van der Waals surface area contributed by atoms with E-state index in [0.29, 0.717) is 10.6 Å². The molecule has 0 aliphatic heterocycles. The molecule has 0 heterocycles. The summed E-state index contributed by atoms with van der Waals surface area (Å²) in [7, 11) is 0. The van der Waals surface area contributed by atoms with Crippen LogP contribution in [0.4, 0.5) is 13.2 Å². The van der Waals surface area contributed by atoms with Crippen molar-refractivity contribution in [3.8, 4) is 11.1 Å². The quantitative estimate of drug-likeness (QED) is 0.529. The molecule has 0 fully saturated rings. The highest BCUT2D eigenvalue weighted by atomic mass is 35.5. The number of benzene rings is 2. The van der Waals surface area contributed by atoms with Crippen LogP contribution in [0.5, 0.6) is 0 Å². The number of carbonyl (C=O) groups excluding carboxylic acids is 1. The first-order chi connectivity index (χ1) is 14.3. The number of amides is 1. The summed E-state index contributed by atoms with van der Waals surface area (Å²) >= 11 is 5.96. The fourth-order valence-corrected chi connectivity index (χ4v) is 3.03. The van der Waals surface area contributed by atoms with Crippen LogP contribution in [-0.4, -0.2) is 45.7 Å². The summed E-state index contributed by atoms with van der Waals surface area (Å²) in [5.74, 6) is -11.1. The second kappa shape index (κ2) is 9.38. The van der Waals surface area contributed by atoms with Crippen molar-refractivity contribution in [2.45, 2.75) is 37.4 Å². The highest BCUT2D eigenvalue weighted by Crippen LogP contribution is 2.33. The van der Waals surface area contributed by atoms with Gasteiger partial charge in [0.2, 0.25) is 0 Å². The molecule has 2 aromatic rings. The molecule has 0 aromatic heterocycles. The Hall–Kier alpha value is -3.07. The molecule has 2 unspecified atom stereocenters. The molecule has 0 radical (unpaired) electrons. The van der Waals surface area contributed by atoms with Gasteiger partial charge >= 0.3 is 17.9 Å². The lowest BCUT2D eigenvalue weighted by atomic mass is 9.96. The number of hydrogen-bond donors (Lipinski definition) is 3. The van der Waals surface area contributed by atoms with Gasteiger partial charge in [-0.15, -0.1) is 0 Å². The molecule has 166 valence electrons. The van der Waals surface area contributed by atoms with Gasteiger partial charge in [0.15, 0.2) is 0 Å². The summed E-state index contributed by atoms with van der Waals surface area (Å²) in [5, 5.41) is 20.0. The Morgan fingerprint density at radius 1 is 1.03 bits per heavy atom. The molecule has 0 aliphatic carbocycles. The number of halogens is 4. The van der Waals surface area contributed by atoms with Crippen LogP contribution in [0.25, 0.3) is 11.1 Å². The molecular weight excluding hydrogens is 439 g/mol. The number of hydrogen-bond acceptors (Lipinski definition) is 3. The summed E-state index contributed by atoms with van der Waals surface area (Å²) < 4.78 is 41.5. The standard InChI is InChI=1S/C21H19ClF3NO5/c1-20(23,21(24,25)19(30)31)18(29)26-16(11-17(27)28)9-12-5-7-13(8-6-12)14-3-2-4-15(22)10-14/h2-8,10,16H,9,11H2,1H3,(H,26,29)(H,27,28)(H,30,31). The smallest absolute Gasteiger partial charge is 0.384 e. The zero-order chi connectivity index (χ0) is 23.4. The Morgan fingerprint density at radius 3 is 2.16 bits per heavy atom. The van der Waals surface area contributed by atoms with E-state index in [1.54, 1.807) is 42.5 Å². The van der Waals surface area contributed by atoms with E-state index in [1.807, 2.05) is 11.4 Å². The first-order valence-corrected chi connectivity index (χ1v) is 9.40. The number of carboxylic acids is 2. The van der Waals surface area contributed by atoms with Gasteiger partial charge in [-0.05, 0) is 42.2 Å². The molecule has 31 heavy (non-hydrogen) atoms. The monoisotopic (exact) mass is 457 g/mol. The van der Waals surface area contributed by atoms with Crippen molar-refractivity contribution >= 4 is 29.4 Å². The van der Waals surface area contributed by atoms with Gasteiger partial charge in [0.25, 0.3) is 11.6 Å². The van der Waals surface area contributed by atoms with Gasteiger partial charge in [-0.1, -0.05) is 48.0 Å². The van der Waals surface area contributed by atoms with Crippen molar-refractivity contribution in [2.75, 3.05) is 0 Å². The topological polar surface area (TPSA) is 104 Å². The molecule has 0 aliphatic rings. The van der Waals surface area contributed by atoms with Crippen molar-refractivity contribution < 1.29 is 37.8 Å². The maximum absolute atomic E-state index is 14.3. The van der Waals surface area contributed by atoms with Crippen LogP contribution in [0.15, 0.2) is 48.5 Å². The van der Waals surface area contributed by atoms with Crippen LogP contribution in [0.2, 0.25) is 5.02 Å². The number of nitrogens with one attached hydrogen (secondary N) is 1. The minimum absolute atomic E-state index is 0.109. The SMILES string of the molecule is CC(F)(C(=O)NC(CC(=O)O)Cc1ccc(-c2cccc(Cl)c2)cc1)C(F)(F)C(=O)O. The largest absolute Gasteiger partial charge is 0.481 e. The lowest BCUT2D eigenvalue weighted by molar-refractivity contribution is -0.192. The van der Waals surface area contributed by atoms with Crippen LogP contribution >= 0.6 is 11.6 Å². The van der Waals surface area contributed by atoms with Gasteiger partial charge < -0.3 is 15.5 Å². The van der Waals surface area contributed by atoms with Gasteiger partial charge in [-0.25, -0.2) is 9.18 Å². The van der Waals surface area contributed by atoms with E-state index in [9.17, 15) is 27.6 Å². The molecular formula is C21H19ClF3NO5. The van der Waals surface area contributed by atoms with Gasteiger partial charge in [0, 0.05) is 11.1 Å². The molecule has 0 saturated heterocycles. The average Bonchev–Trinajstić information content (AvgIpc) is 2.67. The lowest BCUT2D eigenvalue weighted by Gasteiger charge is -2.28. The van der Waals surface area contributed by atoms with Crippen molar-refractivity contribution in [3.63, 3.8) is 0 Å². The molecule has 6 nitrogen and oxygen atoms in total. The van der Waals surface area contributed by atoms with Crippen molar-refractivity contribution in [2.24, 2.45) is 0 Å². The summed E-state index contributed by atoms with van der Waals surface area (Å²) in [6, 6.07) is 12.5. The highest BCUT2D eigenvalue weighted by Gasteiger charge is 2.62. The molecule has 0 spiro atoms. The van der Waals surface area contributed by atoms with Crippen LogP contribution in [0.3, 0.4) is 0 Å². The number of aliphatic carboxylic acids is 2. The normalized spacial score (nSPS) is 14.4. The molecule has 3 N–H and O–H groups in total. The molecule has 0 saturated carbocycles. The maximum Gasteiger partial charge on any atom is 0.384 e. The molecule has 2 aromatic carbocycles. The van der Waals surface area contributed by atoms with Crippen LogP contribution in [0, 0.1) is 0 Å². The number of alkyl halides is 3. The zero-order valence-corrected chi connectivity index (χ0v) is 17.0. The van der Waals surface area contributed by atoms with Crippen molar-refractivity contribution in [1.29, 1.82) is 0 Å². The summed E-state index contributed by atoms with van der Waals surface area (Å²) in [5.41, 5.74) is -1.89. The van der Waals surface area contributed by atoms with Gasteiger partial charge in [0.1, 0.15) is 0 Å². The van der Waals surface area contributed by atoms with Crippen molar-refractivity contribution in [3.05, 3.63) is 59.1 Å². The first-order valence-electron chi connectivity index (χ1n) is 9.02. The van der Waals surface area contributed by atoms with E-state index in [4.69, 9.17) is 21.8 Å². The number of carbonyl (C=O) groups is 3. The second-order valence-corrected chi connectivity index (χ2v) is 7.50. The minimum atomic E-state index is -5.00. The number of carboxylic acid groups (broad SMARTS) is 2. The van der Waals surface area contributed by atoms with Gasteiger partial charge in [0.05, 0.1) is 6.42 Å². The lowest BCUT2D eigenvalue weighted by Crippen LogP contribution is -2.59. The third-order valence-electron chi connectivity index (χ3n) is 4.63. The summed E-state index contributed by atoms with van der Waals surface area (Å²) in [6.45, 7) is 0.133. The van der Waals surface area contributed by atoms with Gasteiger partial charge in [-0.3, -0.25) is 9.59 Å². The summed E-state index contributed by atoms with van der Waals surface area (Å²) in [4.78, 5) is 33.8. The zero-order valence-electron chi connectivity index (χ0n) is 16.2. The Bertz CT molecular complexity index is 979. The predicted molar refractivity (Wildman–Crippen MR) is 107 cm³/mol. The maximum atomic E-state index is 14.3. The second-order valence-electron chi connectivity index (χ2n) is 7.06.